The van der Waals surface area contributed by atoms with Crippen LogP contribution in [0.4, 0.5) is 0 Å². The average Bonchev–Trinajstić information content (AvgIpc) is 2.16. The van der Waals surface area contributed by atoms with E-state index in [-0.39, 0.29) is 11.8 Å². The Hall–Kier alpha value is -1.31. The van der Waals surface area contributed by atoms with Gasteiger partial charge in [-0.05, 0) is 24.0 Å². The first-order chi connectivity index (χ1) is 6.54. The smallest absolute Gasteiger partial charge is 0.306 e. The van der Waals surface area contributed by atoms with Crippen LogP contribution >= 0.6 is 0 Å². The second kappa shape index (κ2) is 4.27. The number of rotatable bonds is 3. The molecule has 2 atom stereocenters. The van der Waals surface area contributed by atoms with Crippen molar-refractivity contribution in [1.82, 2.24) is 0 Å². The van der Waals surface area contributed by atoms with E-state index in [2.05, 4.69) is 0 Å². The molecule has 0 amide bonds. The molecule has 1 aromatic carbocycles. The van der Waals surface area contributed by atoms with Gasteiger partial charge in [0.15, 0.2) is 0 Å². The second-order valence-electron chi connectivity index (χ2n) is 3.77. The van der Waals surface area contributed by atoms with E-state index in [0.717, 1.165) is 11.1 Å². The Bertz CT molecular complexity index is 331. The molecule has 0 saturated heterocycles. The molecular weight excluding hydrogens is 176 g/mol. The predicted octanol–water partition coefficient (Wildman–Crippen LogP) is 2.82. The lowest BCUT2D eigenvalue weighted by Gasteiger charge is -2.18. The zero-order valence-corrected chi connectivity index (χ0v) is 8.82. The number of carboxylic acid groups (broad SMARTS) is 1. The van der Waals surface area contributed by atoms with Crippen LogP contribution in [-0.2, 0) is 4.79 Å². The topological polar surface area (TPSA) is 37.3 Å². The molecule has 0 fully saturated rings. The van der Waals surface area contributed by atoms with Gasteiger partial charge in [-0.3, -0.25) is 4.79 Å². The van der Waals surface area contributed by atoms with Crippen LogP contribution in [0.2, 0.25) is 0 Å². The standard InChI is InChI=1S/C12H16O2/c1-8-6-4-5-7-11(8)9(2)10(3)12(13)14/h4-7,9-10H,1-3H3,(H,13,14). The molecule has 0 aliphatic rings. The van der Waals surface area contributed by atoms with Crippen LogP contribution in [0.1, 0.15) is 30.9 Å². The maximum absolute atomic E-state index is 10.8. The van der Waals surface area contributed by atoms with Crippen LogP contribution in [-0.4, -0.2) is 11.1 Å². The summed E-state index contributed by atoms with van der Waals surface area (Å²) in [4.78, 5) is 10.8. The minimum absolute atomic E-state index is 0.0636. The molecule has 0 saturated carbocycles. The van der Waals surface area contributed by atoms with Crippen molar-refractivity contribution in [3.63, 3.8) is 0 Å². The molecule has 0 bridgehead atoms. The quantitative estimate of drug-likeness (QED) is 0.799. The molecule has 0 radical (unpaired) electrons. The van der Waals surface area contributed by atoms with Gasteiger partial charge in [0.2, 0.25) is 0 Å². The first-order valence-electron chi connectivity index (χ1n) is 4.82. The molecule has 0 aliphatic carbocycles. The zero-order valence-electron chi connectivity index (χ0n) is 8.82. The largest absolute Gasteiger partial charge is 0.481 e. The Morgan fingerprint density at radius 2 is 1.86 bits per heavy atom. The van der Waals surface area contributed by atoms with Gasteiger partial charge in [0.25, 0.3) is 0 Å². The summed E-state index contributed by atoms with van der Waals surface area (Å²) in [6, 6.07) is 7.93. The minimum Gasteiger partial charge on any atom is -0.481 e. The van der Waals surface area contributed by atoms with Crippen LogP contribution in [0.15, 0.2) is 24.3 Å². The Kier molecular flexibility index (Phi) is 3.28. The fourth-order valence-electron chi connectivity index (χ4n) is 1.58. The van der Waals surface area contributed by atoms with Crippen molar-refractivity contribution in [2.45, 2.75) is 26.7 Å². The summed E-state index contributed by atoms with van der Waals surface area (Å²) >= 11 is 0. The zero-order chi connectivity index (χ0) is 10.7. The molecule has 1 rings (SSSR count). The maximum Gasteiger partial charge on any atom is 0.306 e. The number of carboxylic acids is 1. The summed E-state index contributed by atoms with van der Waals surface area (Å²) in [5.74, 6) is -1.01. The van der Waals surface area contributed by atoms with E-state index in [1.54, 1.807) is 6.92 Å². The fourth-order valence-corrected chi connectivity index (χ4v) is 1.58. The molecule has 76 valence electrons. The molecule has 0 heterocycles. The molecule has 1 aromatic rings. The number of hydrogen-bond acceptors (Lipinski definition) is 1. The Morgan fingerprint density at radius 1 is 1.29 bits per heavy atom. The summed E-state index contributed by atoms with van der Waals surface area (Å²) in [7, 11) is 0. The summed E-state index contributed by atoms with van der Waals surface area (Å²) in [5.41, 5.74) is 2.29. The van der Waals surface area contributed by atoms with Crippen molar-refractivity contribution in [2.75, 3.05) is 0 Å². The van der Waals surface area contributed by atoms with E-state index in [0.29, 0.717) is 0 Å². The molecule has 0 spiro atoms. The third-order valence-electron chi connectivity index (χ3n) is 2.82. The molecule has 1 N–H and O–H groups in total. The Labute approximate surface area is 84.6 Å². The minimum atomic E-state index is -0.735. The number of aryl methyl sites for hydroxylation is 1. The molecule has 14 heavy (non-hydrogen) atoms. The number of aliphatic carboxylic acids is 1. The van der Waals surface area contributed by atoms with Crippen LogP contribution in [0, 0.1) is 12.8 Å². The van der Waals surface area contributed by atoms with Gasteiger partial charge in [-0.15, -0.1) is 0 Å². The maximum atomic E-state index is 10.8. The summed E-state index contributed by atoms with van der Waals surface area (Å²) < 4.78 is 0. The van der Waals surface area contributed by atoms with E-state index in [1.807, 2.05) is 38.1 Å². The van der Waals surface area contributed by atoms with Gasteiger partial charge in [-0.25, -0.2) is 0 Å². The van der Waals surface area contributed by atoms with Crippen LogP contribution < -0.4 is 0 Å². The highest BCUT2D eigenvalue weighted by molar-refractivity contribution is 5.70. The summed E-state index contributed by atoms with van der Waals surface area (Å²) in [6.45, 7) is 5.72. The van der Waals surface area contributed by atoms with Gasteiger partial charge in [-0.2, -0.15) is 0 Å². The highest BCUT2D eigenvalue weighted by Crippen LogP contribution is 2.26. The highest BCUT2D eigenvalue weighted by Gasteiger charge is 2.21. The lowest BCUT2D eigenvalue weighted by Crippen LogP contribution is -2.17. The SMILES string of the molecule is Cc1ccccc1C(C)C(C)C(=O)O. The monoisotopic (exact) mass is 192 g/mol. The van der Waals surface area contributed by atoms with Crippen molar-refractivity contribution in [3.8, 4) is 0 Å². The summed E-state index contributed by atoms with van der Waals surface area (Å²) in [5, 5.41) is 8.90. The van der Waals surface area contributed by atoms with Gasteiger partial charge in [-0.1, -0.05) is 38.1 Å². The van der Waals surface area contributed by atoms with E-state index in [9.17, 15) is 4.79 Å². The first-order valence-corrected chi connectivity index (χ1v) is 4.82. The van der Waals surface area contributed by atoms with Gasteiger partial charge in [0, 0.05) is 0 Å². The van der Waals surface area contributed by atoms with Crippen molar-refractivity contribution in [3.05, 3.63) is 35.4 Å². The van der Waals surface area contributed by atoms with Crippen LogP contribution in [0.25, 0.3) is 0 Å². The van der Waals surface area contributed by atoms with Crippen molar-refractivity contribution in [2.24, 2.45) is 5.92 Å². The average molecular weight is 192 g/mol. The van der Waals surface area contributed by atoms with Crippen molar-refractivity contribution < 1.29 is 9.90 Å². The molecule has 2 heteroatoms. The fraction of sp³-hybridized carbons (Fsp3) is 0.417. The van der Waals surface area contributed by atoms with Gasteiger partial charge < -0.3 is 5.11 Å². The lowest BCUT2D eigenvalue weighted by molar-refractivity contribution is -0.141. The van der Waals surface area contributed by atoms with Gasteiger partial charge in [0.1, 0.15) is 0 Å². The third-order valence-corrected chi connectivity index (χ3v) is 2.82. The van der Waals surface area contributed by atoms with E-state index in [4.69, 9.17) is 5.11 Å². The van der Waals surface area contributed by atoms with E-state index < -0.39 is 5.97 Å². The highest BCUT2D eigenvalue weighted by atomic mass is 16.4. The summed E-state index contributed by atoms with van der Waals surface area (Å²) in [6.07, 6.45) is 0. The lowest BCUT2D eigenvalue weighted by atomic mass is 9.86. The van der Waals surface area contributed by atoms with Crippen LogP contribution in [0.3, 0.4) is 0 Å². The molecule has 0 aliphatic heterocycles. The van der Waals surface area contributed by atoms with Gasteiger partial charge >= 0.3 is 5.97 Å². The van der Waals surface area contributed by atoms with Gasteiger partial charge in [0.05, 0.1) is 5.92 Å². The first kappa shape index (κ1) is 10.8. The normalized spacial score (nSPS) is 14.8. The third kappa shape index (κ3) is 2.13. The number of benzene rings is 1. The number of hydrogen-bond donors (Lipinski definition) is 1. The molecule has 2 unspecified atom stereocenters. The number of carbonyl (C=O) groups is 1. The van der Waals surface area contributed by atoms with E-state index >= 15 is 0 Å². The Morgan fingerprint density at radius 3 is 2.36 bits per heavy atom. The second-order valence-corrected chi connectivity index (χ2v) is 3.77. The Balaban J connectivity index is 2.94. The van der Waals surface area contributed by atoms with E-state index in [1.165, 1.54) is 0 Å². The van der Waals surface area contributed by atoms with Crippen molar-refractivity contribution >= 4 is 5.97 Å². The predicted molar refractivity (Wildman–Crippen MR) is 56.4 cm³/mol. The molecule has 0 aromatic heterocycles. The molecular formula is C12H16O2. The molecule has 2 nitrogen and oxygen atoms in total. The van der Waals surface area contributed by atoms with Crippen molar-refractivity contribution in [1.29, 1.82) is 0 Å². The van der Waals surface area contributed by atoms with Crippen LogP contribution in [0.5, 0.6) is 0 Å².